The quantitative estimate of drug-likeness (QED) is 0.562. The zero-order valence-corrected chi connectivity index (χ0v) is 9.91. The van der Waals surface area contributed by atoms with Crippen molar-refractivity contribution in [3.63, 3.8) is 0 Å². The second-order valence-corrected chi connectivity index (χ2v) is 4.48. The van der Waals surface area contributed by atoms with Crippen molar-refractivity contribution in [2.24, 2.45) is 0 Å². The first-order valence-corrected chi connectivity index (χ1v) is 6.30. The highest BCUT2D eigenvalue weighted by molar-refractivity contribution is 7.85. The summed E-state index contributed by atoms with van der Waals surface area (Å²) in [5, 5.41) is 0. The van der Waals surface area contributed by atoms with Crippen LogP contribution in [0.25, 0.3) is 0 Å². The number of ketones is 1. The molecule has 0 spiro atoms. The molecule has 0 amide bonds. The molecule has 1 aromatic carbocycles. The van der Waals surface area contributed by atoms with Gasteiger partial charge in [-0.25, -0.2) is 0 Å². The van der Waals surface area contributed by atoms with Gasteiger partial charge in [-0.2, -0.15) is 0 Å². The fourth-order valence-corrected chi connectivity index (χ4v) is 2.04. The minimum Gasteiger partial charge on any atom is -0.501 e. The molecular weight excluding hydrogens is 225 g/mol. The van der Waals surface area contributed by atoms with E-state index < -0.39 is 10.8 Å². The molecule has 4 heteroatoms. The molecule has 0 aliphatic rings. The maximum absolute atomic E-state index is 11.7. The number of benzene rings is 1. The van der Waals surface area contributed by atoms with Gasteiger partial charge in [0.25, 0.3) is 0 Å². The first kappa shape index (κ1) is 12.6. The molecule has 3 nitrogen and oxygen atoms in total. The van der Waals surface area contributed by atoms with Crippen LogP contribution in [0.5, 0.6) is 0 Å². The summed E-state index contributed by atoms with van der Waals surface area (Å²) in [6.07, 6.45) is 2.65. The van der Waals surface area contributed by atoms with Gasteiger partial charge >= 0.3 is 0 Å². The summed E-state index contributed by atoms with van der Waals surface area (Å²) in [5.41, 5.74) is 0. The summed E-state index contributed by atoms with van der Waals surface area (Å²) in [6.45, 7) is 2.35. The Morgan fingerprint density at radius 1 is 1.38 bits per heavy atom. The van der Waals surface area contributed by atoms with E-state index in [9.17, 15) is 9.00 Å². The predicted molar refractivity (Wildman–Crippen MR) is 63.5 cm³/mol. The predicted octanol–water partition coefficient (Wildman–Crippen LogP) is 1.91. The highest BCUT2D eigenvalue weighted by Gasteiger charge is 2.07. The normalized spacial score (nSPS) is 12.6. The largest absolute Gasteiger partial charge is 0.501 e. The zero-order chi connectivity index (χ0) is 11.8. The van der Waals surface area contributed by atoms with Crippen LogP contribution in [0, 0.1) is 0 Å². The second kappa shape index (κ2) is 6.95. The van der Waals surface area contributed by atoms with Gasteiger partial charge in [0, 0.05) is 11.0 Å². The number of ether oxygens (including phenoxy) is 1. The fourth-order valence-electron chi connectivity index (χ4n) is 1.05. The van der Waals surface area contributed by atoms with E-state index in [1.807, 2.05) is 13.0 Å². The molecule has 0 saturated carbocycles. The molecule has 1 unspecified atom stereocenters. The lowest BCUT2D eigenvalue weighted by Gasteiger charge is -1.98. The van der Waals surface area contributed by atoms with Crippen molar-refractivity contribution in [1.82, 2.24) is 0 Å². The summed E-state index contributed by atoms with van der Waals surface area (Å²) in [7, 11) is -1.28. The summed E-state index contributed by atoms with van der Waals surface area (Å²) >= 11 is 0. The third-order valence-electron chi connectivity index (χ3n) is 1.80. The van der Waals surface area contributed by atoms with E-state index in [0.717, 1.165) is 0 Å². The van der Waals surface area contributed by atoms with Crippen molar-refractivity contribution in [3.8, 4) is 0 Å². The topological polar surface area (TPSA) is 43.4 Å². The molecule has 0 fully saturated rings. The van der Waals surface area contributed by atoms with Crippen molar-refractivity contribution < 1.29 is 13.7 Å². The smallest absolute Gasteiger partial charge is 0.171 e. The lowest BCUT2D eigenvalue weighted by molar-refractivity contribution is -0.112. The lowest BCUT2D eigenvalue weighted by atomic mass is 10.4. The van der Waals surface area contributed by atoms with Crippen molar-refractivity contribution in [1.29, 1.82) is 0 Å². The van der Waals surface area contributed by atoms with Gasteiger partial charge in [0.2, 0.25) is 0 Å². The number of hydrogen-bond acceptors (Lipinski definition) is 3. The van der Waals surface area contributed by atoms with Gasteiger partial charge in [0.05, 0.1) is 29.4 Å². The Labute approximate surface area is 97.6 Å². The van der Waals surface area contributed by atoms with Crippen LogP contribution in [0.15, 0.2) is 47.6 Å². The van der Waals surface area contributed by atoms with Crippen molar-refractivity contribution in [3.05, 3.63) is 42.7 Å². The van der Waals surface area contributed by atoms with E-state index >= 15 is 0 Å². The van der Waals surface area contributed by atoms with Crippen molar-refractivity contribution in [2.75, 3.05) is 12.4 Å². The first-order chi connectivity index (χ1) is 7.74. The molecule has 1 rings (SSSR count). The first-order valence-electron chi connectivity index (χ1n) is 4.98. The Morgan fingerprint density at radius 2 is 2.06 bits per heavy atom. The molecule has 1 atom stereocenters. The van der Waals surface area contributed by atoms with E-state index in [1.165, 1.54) is 12.3 Å². The van der Waals surface area contributed by atoms with Gasteiger partial charge in [-0.1, -0.05) is 18.2 Å². The Bertz CT molecular complexity index is 385. The molecule has 86 valence electrons. The maximum atomic E-state index is 11.7. The standard InChI is InChI=1S/C12H14O3S/c1-2-15-9-8-11(13)10-16(14)12-6-4-3-5-7-12/h3-9H,2,10H2,1H3/i12+1. The highest BCUT2D eigenvalue weighted by Crippen LogP contribution is 2.05. The molecule has 0 aromatic heterocycles. The van der Waals surface area contributed by atoms with Crippen LogP contribution in [0.1, 0.15) is 6.92 Å². The molecule has 0 aliphatic heterocycles. The van der Waals surface area contributed by atoms with E-state index in [1.54, 1.807) is 24.3 Å². The van der Waals surface area contributed by atoms with E-state index in [-0.39, 0.29) is 11.5 Å². The Balaban J connectivity index is 2.49. The molecule has 1 aromatic rings. The number of allylic oxidation sites excluding steroid dienone is 1. The van der Waals surface area contributed by atoms with Gasteiger partial charge < -0.3 is 4.74 Å². The maximum Gasteiger partial charge on any atom is 0.171 e. The molecule has 0 saturated heterocycles. The Hall–Kier alpha value is -1.42. The third kappa shape index (κ3) is 4.40. The lowest BCUT2D eigenvalue weighted by Crippen LogP contribution is -2.07. The van der Waals surface area contributed by atoms with Gasteiger partial charge in [-0.05, 0) is 19.1 Å². The minimum absolute atomic E-state index is 0.00636. The van der Waals surface area contributed by atoms with Crippen LogP contribution < -0.4 is 0 Å². The van der Waals surface area contributed by atoms with Gasteiger partial charge in [0.15, 0.2) is 5.78 Å². The Morgan fingerprint density at radius 3 is 2.69 bits per heavy atom. The van der Waals surface area contributed by atoms with Crippen LogP contribution in [0.2, 0.25) is 0 Å². The third-order valence-corrected chi connectivity index (χ3v) is 3.14. The van der Waals surface area contributed by atoms with Crippen LogP contribution in [-0.2, 0) is 20.3 Å². The van der Waals surface area contributed by atoms with E-state index in [4.69, 9.17) is 4.74 Å². The number of carbonyl (C=O) groups is 1. The highest BCUT2D eigenvalue weighted by atomic mass is 32.2. The minimum atomic E-state index is -1.28. The van der Waals surface area contributed by atoms with E-state index in [2.05, 4.69) is 0 Å². The van der Waals surface area contributed by atoms with Crippen LogP contribution in [0.3, 0.4) is 0 Å². The zero-order valence-electron chi connectivity index (χ0n) is 9.09. The van der Waals surface area contributed by atoms with E-state index in [0.29, 0.717) is 11.5 Å². The second-order valence-electron chi connectivity index (χ2n) is 3.03. The number of rotatable bonds is 6. The molecule has 16 heavy (non-hydrogen) atoms. The van der Waals surface area contributed by atoms with Gasteiger partial charge in [0.1, 0.15) is 0 Å². The molecular formula is C12H14O3S. The summed E-state index contributed by atoms with van der Waals surface area (Å²) in [4.78, 5) is 12.0. The van der Waals surface area contributed by atoms with Gasteiger partial charge in [-0.3, -0.25) is 9.00 Å². The molecule has 0 N–H and O–H groups in total. The monoisotopic (exact) mass is 239 g/mol. The Kier molecular flexibility index (Phi) is 5.50. The molecule has 0 radical (unpaired) electrons. The molecule has 0 aliphatic carbocycles. The average molecular weight is 239 g/mol. The molecule has 0 bridgehead atoms. The van der Waals surface area contributed by atoms with Crippen LogP contribution >= 0.6 is 0 Å². The van der Waals surface area contributed by atoms with Gasteiger partial charge in [-0.15, -0.1) is 0 Å². The fraction of sp³-hybridized carbons (Fsp3) is 0.250. The summed E-state index contributed by atoms with van der Waals surface area (Å²) < 4.78 is 16.6. The number of carbonyl (C=O) groups excluding carboxylic acids is 1. The van der Waals surface area contributed by atoms with Crippen LogP contribution in [0.4, 0.5) is 0 Å². The average Bonchev–Trinajstić information content (AvgIpc) is 2.30. The number of hydrogen-bond donors (Lipinski definition) is 0. The summed E-state index contributed by atoms with van der Waals surface area (Å²) in [5.74, 6) is -0.205. The van der Waals surface area contributed by atoms with Crippen molar-refractivity contribution >= 4 is 16.6 Å². The summed E-state index contributed by atoms with van der Waals surface area (Å²) in [6, 6.07) is 8.93. The molecule has 0 heterocycles. The van der Waals surface area contributed by atoms with Crippen LogP contribution in [-0.4, -0.2) is 22.4 Å². The SMILES string of the molecule is CCOC=CC(=O)CS(=O)[13c]1ccccc1. The van der Waals surface area contributed by atoms with Crippen molar-refractivity contribution in [2.45, 2.75) is 11.8 Å².